The van der Waals surface area contributed by atoms with Crippen LogP contribution in [0.2, 0.25) is 0 Å². The van der Waals surface area contributed by atoms with Gasteiger partial charge in [-0.3, -0.25) is 14.4 Å². The number of alkyl halides is 6. The van der Waals surface area contributed by atoms with E-state index in [4.69, 9.17) is 16.7 Å². The fourth-order valence-electron chi connectivity index (χ4n) is 3.16. The normalized spacial score (nSPS) is 11.1. The minimum atomic E-state index is -4.84. The van der Waals surface area contributed by atoms with E-state index in [1.165, 1.54) is 28.2 Å². The molecular formula is C24H23ClF6N2O7. The Hall–Kier alpha value is -4.01. The first kappa shape index (κ1) is 34.0. The molecule has 2 rings (SSSR count). The van der Waals surface area contributed by atoms with E-state index in [9.17, 15) is 45.5 Å². The number of carboxylic acid groups (broad SMARTS) is 1. The van der Waals surface area contributed by atoms with Crippen molar-refractivity contribution in [2.45, 2.75) is 12.4 Å². The number of carbonyl (C=O) groups excluding carboxylic acids is 3. The quantitative estimate of drug-likeness (QED) is 0.370. The summed E-state index contributed by atoms with van der Waals surface area (Å²) in [5.41, 5.74) is -4.42. The van der Waals surface area contributed by atoms with Crippen molar-refractivity contribution in [3.8, 4) is 11.5 Å². The van der Waals surface area contributed by atoms with Crippen molar-refractivity contribution >= 4 is 34.6 Å². The second-order valence-electron chi connectivity index (χ2n) is 8.18. The van der Waals surface area contributed by atoms with Gasteiger partial charge in [0.15, 0.2) is 0 Å². The first-order chi connectivity index (χ1) is 18.2. The summed E-state index contributed by atoms with van der Waals surface area (Å²) in [6, 6.07) is 2.83. The highest BCUT2D eigenvalue weighted by Crippen LogP contribution is 2.40. The standard InChI is InChI=1S/C12H11ClF3NO3.C12H12F3NO4/c1-17(2)11(19)7-4-6(10(13)18)5-8(9(7)20-3)12(14,15)16;1-16(2)10(17)7-4-6(11(18)19)5-8(9(7)20-3)12(13,14)15/h4-5H,1-3H3;4-5H,1-3H3,(H,18,19). The van der Waals surface area contributed by atoms with Crippen LogP contribution in [-0.2, 0) is 12.4 Å². The van der Waals surface area contributed by atoms with Crippen LogP contribution in [0, 0.1) is 0 Å². The first-order valence-electron chi connectivity index (χ1n) is 10.6. The molecule has 2 aromatic carbocycles. The Balaban J connectivity index is 0.000000400. The van der Waals surface area contributed by atoms with Crippen molar-refractivity contribution in [3.63, 3.8) is 0 Å². The maximum absolute atomic E-state index is 13.0. The van der Waals surface area contributed by atoms with Gasteiger partial charge in [-0.25, -0.2) is 4.79 Å². The lowest BCUT2D eigenvalue weighted by Gasteiger charge is -2.18. The fraction of sp³-hybridized carbons (Fsp3) is 0.333. The molecule has 1 N–H and O–H groups in total. The number of hydrogen-bond donors (Lipinski definition) is 1. The van der Waals surface area contributed by atoms with Gasteiger partial charge in [-0.15, -0.1) is 0 Å². The van der Waals surface area contributed by atoms with Crippen LogP contribution < -0.4 is 9.47 Å². The van der Waals surface area contributed by atoms with E-state index >= 15 is 0 Å². The summed E-state index contributed by atoms with van der Waals surface area (Å²) in [6.45, 7) is 0. The monoisotopic (exact) mass is 600 g/mol. The van der Waals surface area contributed by atoms with Crippen LogP contribution in [0.25, 0.3) is 0 Å². The highest BCUT2D eigenvalue weighted by atomic mass is 35.5. The molecule has 0 saturated carbocycles. The van der Waals surface area contributed by atoms with Gasteiger partial charge in [0.05, 0.1) is 42.0 Å². The van der Waals surface area contributed by atoms with Gasteiger partial charge in [-0.2, -0.15) is 26.3 Å². The number of ether oxygens (including phenoxy) is 2. The molecule has 2 aromatic rings. The van der Waals surface area contributed by atoms with Crippen LogP contribution in [0.1, 0.15) is 52.6 Å². The Morgan fingerprint density at radius 1 is 0.700 bits per heavy atom. The van der Waals surface area contributed by atoms with E-state index in [-0.39, 0.29) is 5.56 Å². The third kappa shape index (κ3) is 8.00. The number of amides is 2. The summed E-state index contributed by atoms with van der Waals surface area (Å²) >= 11 is 5.21. The number of rotatable bonds is 6. The number of nitrogens with zero attached hydrogens (tertiary/aromatic N) is 2. The Kier molecular flexibility index (Phi) is 11.0. The molecule has 9 nitrogen and oxygen atoms in total. The lowest BCUT2D eigenvalue weighted by molar-refractivity contribution is -0.139. The van der Waals surface area contributed by atoms with E-state index in [0.717, 1.165) is 36.2 Å². The third-order valence-corrected chi connectivity index (χ3v) is 5.16. The van der Waals surface area contributed by atoms with Gasteiger partial charge in [-0.1, -0.05) is 0 Å². The Labute approximate surface area is 228 Å². The highest BCUT2D eigenvalue weighted by Gasteiger charge is 2.39. The summed E-state index contributed by atoms with van der Waals surface area (Å²) < 4.78 is 87.0. The van der Waals surface area contributed by atoms with E-state index in [0.29, 0.717) is 12.1 Å². The van der Waals surface area contributed by atoms with Gasteiger partial charge in [0, 0.05) is 33.8 Å². The molecule has 0 aromatic heterocycles. The van der Waals surface area contributed by atoms with Crippen LogP contribution in [0.5, 0.6) is 11.5 Å². The molecule has 0 atom stereocenters. The van der Waals surface area contributed by atoms with Crippen molar-refractivity contribution in [2.24, 2.45) is 0 Å². The Bertz CT molecular complexity index is 1210. The van der Waals surface area contributed by atoms with Gasteiger partial charge in [0.25, 0.3) is 17.1 Å². The lowest BCUT2D eigenvalue weighted by atomic mass is 10.0. The maximum atomic E-state index is 13.0. The molecule has 16 heteroatoms. The minimum absolute atomic E-state index is 0.378. The number of halogens is 7. The zero-order valence-electron chi connectivity index (χ0n) is 21.7. The zero-order valence-corrected chi connectivity index (χ0v) is 22.5. The lowest BCUT2D eigenvalue weighted by Crippen LogP contribution is -2.24. The van der Waals surface area contributed by atoms with Gasteiger partial charge in [0.1, 0.15) is 11.5 Å². The van der Waals surface area contributed by atoms with E-state index < -0.39 is 74.7 Å². The molecule has 0 fully saturated rings. The van der Waals surface area contributed by atoms with E-state index in [2.05, 4.69) is 9.47 Å². The molecule has 0 aliphatic heterocycles. The molecule has 40 heavy (non-hydrogen) atoms. The molecule has 0 radical (unpaired) electrons. The van der Waals surface area contributed by atoms with Crippen LogP contribution in [-0.4, -0.2) is 80.3 Å². The van der Waals surface area contributed by atoms with Crippen molar-refractivity contribution in [1.29, 1.82) is 0 Å². The zero-order chi connectivity index (χ0) is 31.3. The summed E-state index contributed by atoms with van der Waals surface area (Å²) in [6.07, 6.45) is -9.62. The number of methoxy groups -OCH3 is 2. The van der Waals surface area contributed by atoms with Gasteiger partial charge in [-0.05, 0) is 35.9 Å². The van der Waals surface area contributed by atoms with Crippen LogP contribution in [0.15, 0.2) is 24.3 Å². The number of carboxylic acids is 1. The highest BCUT2D eigenvalue weighted by molar-refractivity contribution is 6.67. The number of benzene rings is 2. The second-order valence-corrected chi connectivity index (χ2v) is 8.53. The van der Waals surface area contributed by atoms with Crippen molar-refractivity contribution in [1.82, 2.24) is 9.80 Å². The molecule has 0 heterocycles. The molecule has 0 saturated heterocycles. The summed E-state index contributed by atoms with van der Waals surface area (Å²) in [5, 5.41) is 7.76. The molecule has 0 aliphatic carbocycles. The van der Waals surface area contributed by atoms with Crippen LogP contribution in [0.4, 0.5) is 26.3 Å². The summed E-state index contributed by atoms with van der Waals surface area (Å²) in [4.78, 5) is 47.9. The van der Waals surface area contributed by atoms with Crippen molar-refractivity contribution < 1.29 is 60.1 Å². The predicted octanol–water partition coefficient (Wildman–Crippen LogP) is 4.91. The maximum Gasteiger partial charge on any atom is 0.420 e. The Morgan fingerprint density at radius 3 is 1.27 bits per heavy atom. The summed E-state index contributed by atoms with van der Waals surface area (Å²) in [5.74, 6) is -4.41. The van der Waals surface area contributed by atoms with Crippen molar-refractivity contribution in [3.05, 3.63) is 57.6 Å². The molecule has 0 bridgehead atoms. The van der Waals surface area contributed by atoms with Crippen LogP contribution in [0.3, 0.4) is 0 Å². The molecule has 0 aliphatic rings. The number of aromatic carboxylic acids is 1. The van der Waals surface area contributed by atoms with Crippen LogP contribution >= 0.6 is 11.6 Å². The van der Waals surface area contributed by atoms with E-state index in [1.807, 2.05) is 0 Å². The fourth-order valence-corrected chi connectivity index (χ4v) is 3.26. The first-order valence-corrected chi connectivity index (χ1v) is 11.0. The smallest absolute Gasteiger partial charge is 0.420 e. The molecule has 2 amide bonds. The van der Waals surface area contributed by atoms with Gasteiger partial charge < -0.3 is 24.4 Å². The molecular weight excluding hydrogens is 578 g/mol. The average molecular weight is 601 g/mol. The minimum Gasteiger partial charge on any atom is -0.495 e. The molecule has 220 valence electrons. The van der Waals surface area contributed by atoms with Gasteiger partial charge in [0.2, 0.25) is 0 Å². The SMILES string of the molecule is COc1c(C(=O)N(C)C)cc(C(=O)Cl)cc1C(F)(F)F.COc1c(C(=O)N(C)C)cc(C(=O)O)cc1C(F)(F)F. The average Bonchev–Trinajstić information content (AvgIpc) is 2.84. The second kappa shape index (κ2) is 12.9. The molecule has 0 unspecified atom stereocenters. The molecule has 0 spiro atoms. The number of carbonyl (C=O) groups is 4. The van der Waals surface area contributed by atoms with Crippen molar-refractivity contribution in [2.75, 3.05) is 42.4 Å². The van der Waals surface area contributed by atoms with E-state index in [1.54, 1.807) is 0 Å². The Morgan fingerprint density at radius 2 is 1.02 bits per heavy atom. The number of hydrogen-bond acceptors (Lipinski definition) is 6. The third-order valence-electron chi connectivity index (χ3n) is 4.94. The summed E-state index contributed by atoms with van der Waals surface area (Å²) in [7, 11) is 7.40. The van der Waals surface area contributed by atoms with Gasteiger partial charge >= 0.3 is 18.3 Å². The topological polar surface area (TPSA) is 113 Å². The predicted molar refractivity (Wildman–Crippen MR) is 129 cm³/mol. The largest absolute Gasteiger partial charge is 0.495 e.